The summed E-state index contributed by atoms with van der Waals surface area (Å²) in [4.78, 5) is 8.20. The third kappa shape index (κ3) is 2.28. The highest BCUT2D eigenvalue weighted by molar-refractivity contribution is 14.1. The van der Waals surface area contributed by atoms with E-state index >= 15 is 0 Å². The number of nitrogens with one attached hydrogen (secondary N) is 1. The van der Waals surface area contributed by atoms with Gasteiger partial charge >= 0.3 is 0 Å². The van der Waals surface area contributed by atoms with E-state index in [1.807, 2.05) is 12.1 Å². The molecule has 18 heavy (non-hydrogen) atoms. The van der Waals surface area contributed by atoms with Crippen LogP contribution in [0.3, 0.4) is 0 Å². The van der Waals surface area contributed by atoms with Crippen LogP contribution >= 0.6 is 22.6 Å². The molecule has 0 saturated heterocycles. The second-order valence-electron chi connectivity index (χ2n) is 3.91. The monoisotopic (exact) mass is 347 g/mol. The summed E-state index contributed by atoms with van der Waals surface area (Å²) >= 11 is 2.22. The van der Waals surface area contributed by atoms with Crippen molar-refractivity contribution in [2.45, 2.75) is 0 Å². The largest absolute Gasteiger partial charge is 0.339 e. The van der Waals surface area contributed by atoms with E-state index in [-0.39, 0.29) is 0 Å². The van der Waals surface area contributed by atoms with Gasteiger partial charge in [-0.05, 0) is 45.5 Å². The third-order valence-corrected chi connectivity index (χ3v) is 3.47. The molecule has 0 bridgehead atoms. The number of fused-ring (bicyclic) bond motifs is 1. The maximum absolute atomic E-state index is 4.22. The molecule has 0 aliphatic heterocycles. The predicted molar refractivity (Wildman–Crippen MR) is 82.0 cm³/mol. The van der Waals surface area contributed by atoms with Crippen LogP contribution < -0.4 is 5.32 Å². The lowest BCUT2D eigenvalue weighted by Gasteiger charge is -2.07. The minimum Gasteiger partial charge on any atom is -0.339 e. The Bertz CT molecular complexity index is 697. The van der Waals surface area contributed by atoms with E-state index in [1.165, 1.54) is 10.8 Å². The average Bonchev–Trinajstić information content (AvgIpc) is 2.41. The molecule has 0 saturated carbocycles. The first kappa shape index (κ1) is 11.4. The van der Waals surface area contributed by atoms with E-state index in [4.69, 9.17) is 0 Å². The molecule has 0 radical (unpaired) electrons. The first-order valence-corrected chi connectivity index (χ1v) is 6.62. The lowest BCUT2D eigenvalue weighted by molar-refractivity contribution is 1.15. The fourth-order valence-electron chi connectivity index (χ4n) is 1.81. The van der Waals surface area contributed by atoms with E-state index in [1.54, 1.807) is 12.5 Å². The number of aromatic nitrogens is 2. The molecule has 4 heteroatoms. The summed E-state index contributed by atoms with van der Waals surface area (Å²) in [6.45, 7) is 0. The van der Waals surface area contributed by atoms with Gasteiger partial charge in [0.05, 0.1) is 3.57 Å². The van der Waals surface area contributed by atoms with Gasteiger partial charge in [-0.2, -0.15) is 0 Å². The van der Waals surface area contributed by atoms with Gasteiger partial charge in [0, 0.05) is 11.9 Å². The van der Waals surface area contributed by atoms with Crippen molar-refractivity contribution in [3.05, 3.63) is 58.6 Å². The molecule has 2 aromatic carbocycles. The summed E-state index contributed by atoms with van der Waals surface area (Å²) in [5.74, 6) is 0.834. The third-order valence-electron chi connectivity index (χ3n) is 2.68. The molecule has 3 aromatic rings. The zero-order valence-electron chi connectivity index (χ0n) is 9.47. The zero-order valence-corrected chi connectivity index (χ0v) is 11.6. The van der Waals surface area contributed by atoms with Gasteiger partial charge in [-0.3, -0.25) is 0 Å². The predicted octanol–water partition coefficient (Wildman–Crippen LogP) is 3.98. The molecule has 88 valence electrons. The van der Waals surface area contributed by atoms with Gasteiger partial charge < -0.3 is 5.32 Å². The maximum Gasteiger partial charge on any atom is 0.147 e. The summed E-state index contributed by atoms with van der Waals surface area (Å²) < 4.78 is 1.00. The van der Waals surface area contributed by atoms with Crippen LogP contribution in [0.15, 0.2) is 55.0 Å². The van der Waals surface area contributed by atoms with Gasteiger partial charge in [0.1, 0.15) is 12.1 Å². The van der Waals surface area contributed by atoms with E-state index in [2.05, 4.69) is 68.2 Å². The Morgan fingerprint density at radius 3 is 2.67 bits per heavy atom. The first-order valence-electron chi connectivity index (χ1n) is 5.54. The van der Waals surface area contributed by atoms with Crippen molar-refractivity contribution in [2.24, 2.45) is 0 Å². The second kappa shape index (κ2) is 4.89. The molecule has 0 aliphatic carbocycles. The standard InChI is InChI=1S/C14H10IN3/c15-13-8-16-9-17-14(13)18-12-6-5-10-3-1-2-4-11(10)7-12/h1-9H,(H,16,17,18). The number of halogens is 1. The molecule has 3 nitrogen and oxygen atoms in total. The van der Waals surface area contributed by atoms with Gasteiger partial charge in [0.25, 0.3) is 0 Å². The van der Waals surface area contributed by atoms with Crippen molar-refractivity contribution in [3.63, 3.8) is 0 Å². The van der Waals surface area contributed by atoms with Crippen LogP contribution in [0, 0.1) is 3.57 Å². The average molecular weight is 347 g/mol. The maximum atomic E-state index is 4.22. The van der Waals surface area contributed by atoms with E-state index in [0.717, 1.165) is 15.1 Å². The fraction of sp³-hybridized carbons (Fsp3) is 0. The van der Waals surface area contributed by atoms with Crippen molar-refractivity contribution in [1.29, 1.82) is 0 Å². The molecule has 0 fully saturated rings. The lowest BCUT2D eigenvalue weighted by Crippen LogP contribution is -1.96. The summed E-state index contributed by atoms with van der Waals surface area (Å²) in [6, 6.07) is 14.6. The minimum absolute atomic E-state index is 0.834. The highest BCUT2D eigenvalue weighted by Crippen LogP contribution is 2.23. The Hall–Kier alpha value is -1.69. The van der Waals surface area contributed by atoms with Crippen molar-refractivity contribution < 1.29 is 0 Å². The number of anilines is 2. The summed E-state index contributed by atoms with van der Waals surface area (Å²) in [6.07, 6.45) is 3.34. The molecule has 1 aromatic heterocycles. The topological polar surface area (TPSA) is 37.8 Å². The Labute approximate surface area is 118 Å². The SMILES string of the molecule is Ic1cncnc1Nc1ccc2ccccc2c1. The Morgan fingerprint density at radius 2 is 1.83 bits per heavy atom. The van der Waals surface area contributed by atoms with Crippen molar-refractivity contribution >= 4 is 44.9 Å². The molecule has 0 aliphatic rings. The molecule has 0 spiro atoms. The highest BCUT2D eigenvalue weighted by Gasteiger charge is 2.01. The molecular formula is C14H10IN3. The zero-order chi connectivity index (χ0) is 12.4. The number of nitrogens with zero attached hydrogens (tertiary/aromatic N) is 2. The van der Waals surface area contributed by atoms with E-state index in [0.29, 0.717) is 0 Å². The molecule has 1 heterocycles. The van der Waals surface area contributed by atoms with Crippen LogP contribution in [-0.2, 0) is 0 Å². The Morgan fingerprint density at radius 1 is 1.00 bits per heavy atom. The van der Waals surface area contributed by atoms with Crippen LogP contribution in [0.5, 0.6) is 0 Å². The number of benzene rings is 2. The smallest absolute Gasteiger partial charge is 0.147 e. The van der Waals surface area contributed by atoms with Crippen LogP contribution in [0.2, 0.25) is 0 Å². The molecule has 1 N–H and O–H groups in total. The quantitative estimate of drug-likeness (QED) is 0.713. The summed E-state index contributed by atoms with van der Waals surface area (Å²) in [5, 5.41) is 5.76. The van der Waals surface area contributed by atoms with Crippen LogP contribution in [-0.4, -0.2) is 9.97 Å². The molecule has 0 amide bonds. The van der Waals surface area contributed by atoms with Crippen molar-refractivity contribution in [3.8, 4) is 0 Å². The van der Waals surface area contributed by atoms with Crippen LogP contribution in [0.4, 0.5) is 11.5 Å². The van der Waals surface area contributed by atoms with Gasteiger partial charge in [-0.1, -0.05) is 30.3 Å². The Balaban J connectivity index is 1.98. The fourth-order valence-corrected chi connectivity index (χ4v) is 2.24. The lowest BCUT2D eigenvalue weighted by atomic mass is 10.1. The van der Waals surface area contributed by atoms with Gasteiger partial charge in [-0.25, -0.2) is 9.97 Å². The Kier molecular flexibility index (Phi) is 3.10. The second-order valence-corrected chi connectivity index (χ2v) is 5.07. The number of hydrogen-bond acceptors (Lipinski definition) is 3. The summed E-state index contributed by atoms with van der Waals surface area (Å²) in [5.41, 5.74) is 1.03. The van der Waals surface area contributed by atoms with Crippen LogP contribution in [0.25, 0.3) is 10.8 Å². The molecule has 3 rings (SSSR count). The molecule has 0 atom stereocenters. The van der Waals surface area contributed by atoms with Gasteiger partial charge in [-0.15, -0.1) is 0 Å². The highest BCUT2D eigenvalue weighted by atomic mass is 127. The van der Waals surface area contributed by atoms with E-state index in [9.17, 15) is 0 Å². The summed E-state index contributed by atoms with van der Waals surface area (Å²) in [7, 11) is 0. The van der Waals surface area contributed by atoms with Gasteiger partial charge in [0.15, 0.2) is 0 Å². The van der Waals surface area contributed by atoms with Crippen LogP contribution in [0.1, 0.15) is 0 Å². The van der Waals surface area contributed by atoms with E-state index < -0.39 is 0 Å². The minimum atomic E-state index is 0.834. The number of hydrogen-bond donors (Lipinski definition) is 1. The first-order chi connectivity index (χ1) is 8.83. The molecule has 0 unspecified atom stereocenters. The van der Waals surface area contributed by atoms with Gasteiger partial charge in [0.2, 0.25) is 0 Å². The van der Waals surface area contributed by atoms with Crippen molar-refractivity contribution in [1.82, 2.24) is 9.97 Å². The normalized spacial score (nSPS) is 10.5. The molecular weight excluding hydrogens is 337 g/mol. The van der Waals surface area contributed by atoms with Crippen molar-refractivity contribution in [2.75, 3.05) is 5.32 Å². The number of rotatable bonds is 2.